The van der Waals surface area contributed by atoms with Gasteiger partial charge in [0.2, 0.25) is 5.12 Å². The van der Waals surface area contributed by atoms with Crippen LogP contribution in [0.15, 0.2) is 33.6 Å². The van der Waals surface area contributed by atoms with E-state index >= 15 is 0 Å². The Morgan fingerprint density at radius 1 is 1.40 bits per heavy atom. The van der Waals surface area contributed by atoms with Gasteiger partial charge >= 0.3 is 0 Å². The monoisotopic (exact) mass is 354 g/mol. The number of aromatic nitrogens is 2. The first-order chi connectivity index (χ1) is 9.56. The van der Waals surface area contributed by atoms with Crippen molar-refractivity contribution in [2.24, 2.45) is 0 Å². The summed E-state index contributed by atoms with van der Waals surface area (Å²) < 4.78 is 7.59. The summed E-state index contributed by atoms with van der Waals surface area (Å²) in [6.45, 7) is 4.51. The van der Waals surface area contributed by atoms with Gasteiger partial charge in [-0.25, -0.2) is 0 Å². The van der Waals surface area contributed by atoms with Crippen molar-refractivity contribution in [3.05, 3.63) is 40.1 Å². The zero-order valence-corrected chi connectivity index (χ0v) is 13.9. The van der Waals surface area contributed by atoms with E-state index in [9.17, 15) is 4.79 Å². The first-order valence-corrected chi connectivity index (χ1v) is 7.77. The summed E-state index contributed by atoms with van der Waals surface area (Å²) in [6, 6.07) is 7.42. The van der Waals surface area contributed by atoms with E-state index in [0.717, 1.165) is 20.8 Å². The second-order valence-corrected chi connectivity index (χ2v) is 5.97. The van der Waals surface area contributed by atoms with Crippen molar-refractivity contribution in [2.75, 3.05) is 7.11 Å². The molecule has 0 bridgehead atoms. The molecule has 0 N–H and O–H groups in total. The Morgan fingerprint density at radius 2 is 2.05 bits per heavy atom. The number of rotatable bonds is 4. The number of nitrogens with zero attached hydrogens (tertiary/aromatic N) is 2. The maximum atomic E-state index is 12.4. The van der Waals surface area contributed by atoms with Crippen LogP contribution in [-0.2, 0) is 6.54 Å². The Balaban J connectivity index is 2.23. The van der Waals surface area contributed by atoms with Crippen LogP contribution < -0.4 is 4.74 Å². The summed E-state index contributed by atoms with van der Waals surface area (Å²) >= 11 is 4.63. The number of carbonyl (C=O) groups is 1. The number of aryl methyl sites for hydroxylation is 2. The molecule has 0 amide bonds. The number of halogens is 1. The van der Waals surface area contributed by atoms with Crippen molar-refractivity contribution in [2.45, 2.75) is 25.3 Å². The van der Waals surface area contributed by atoms with Gasteiger partial charge < -0.3 is 4.74 Å². The second kappa shape index (κ2) is 6.45. The Morgan fingerprint density at radius 3 is 2.60 bits per heavy atom. The standard InChI is InChI=1S/C14H15BrN2O2S/c1-4-17-13(12(15)9(2)16-17)14(18)20-11-7-5-10(19-3)6-8-11/h5-8H,4H2,1-3H3. The fraction of sp³-hybridized carbons (Fsp3) is 0.286. The molecule has 0 aliphatic carbocycles. The van der Waals surface area contributed by atoms with E-state index < -0.39 is 0 Å². The Bertz CT molecular complexity index is 623. The van der Waals surface area contributed by atoms with E-state index in [4.69, 9.17) is 4.74 Å². The van der Waals surface area contributed by atoms with Crippen molar-refractivity contribution in [3.8, 4) is 5.75 Å². The van der Waals surface area contributed by atoms with Gasteiger partial charge in [-0.2, -0.15) is 5.10 Å². The van der Waals surface area contributed by atoms with Crippen LogP contribution in [0.25, 0.3) is 0 Å². The number of carbonyl (C=O) groups excluding carboxylic acids is 1. The summed E-state index contributed by atoms with van der Waals surface area (Å²) in [5.41, 5.74) is 1.43. The van der Waals surface area contributed by atoms with Gasteiger partial charge in [0, 0.05) is 11.4 Å². The van der Waals surface area contributed by atoms with Gasteiger partial charge in [0.1, 0.15) is 11.4 Å². The third-order valence-electron chi connectivity index (χ3n) is 2.82. The highest BCUT2D eigenvalue weighted by Gasteiger charge is 2.20. The molecule has 1 aromatic carbocycles. The summed E-state index contributed by atoms with van der Waals surface area (Å²) in [5, 5.41) is 4.31. The van der Waals surface area contributed by atoms with Gasteiger partial charge in [0.15, 0.2) is 0 Å². The summed E-state index contributed by atoms with van der Waals surface area (Å²) in [7, 11) is 1.62. The molecule has 106 valence electrons. The van der Waals surface area contributed by atoms with Crippen molar-refractivity contribution < 1.29 is 9.53 Å². The van der Waals surface area contributed by atoms with Gasteiger partial charge in [-0.3, -0.25) is 9.48 Å². The van der Waals surface area contributed by atoms with Gasteiger partial charge in [0.05, 0.1) is 17.3 Å². The molecular weight excluding hydrogens is 340 g/mol. The van der Waals surface area contributed by atoms with Crippen LogP contribution in [0.3, 0.4) is 0 Å². The topological polar surface area (TPSA) is 44.1 Å². The summed E-state index contributed by atoms with van der Waals surface area (Å²) in [6.07, 6.45) is 0. The minimum absolute atomic E-state index is 0.0236. The molecule has 0 saturated heterocycles. The Hall–Kier alpha value is -1.27. The molecule has 0 saturated carbocycles. The minimum atomic E-state index is -0.0236. The number of thioether (sulfide) groups is 1. The molecule has 0 fully saturated rings. The Labute approximate surface area is 130 Å². The number of hydrogen-bond donors (Lipinski definition) is 0. The normalized spacial score (nSPS) is 10.6. The molecule has 0 spiro atoms. The first-order valence-electron chi connectivity index (χ1n) is 6.16. The van der Waals surface area contributed by atoms with Crippen LogP contribution in [0.1, 0.15) is 23.1 Å². The summed E-state index contributed by atoms with van der Waals surface area (Å²) in [4.78, 5) is 13.3. The van der Waals surface area contributed by atoms with Crippen LogP contribution in [0.5, 0.6) is 5.75 Å². The van der Waals surface area contributed by atoms with E-state index in [-0.39, 0.29) is 5.12 Å². The minimum Gasteiger partial charge on any atom is -0.497 e. The van der Waals surface area contributed by atoms with Crippen LogP contribution in [0.2, 0.25) is 0 Å². The Kier molecular flexibility index (Phi) is 4.88. The molecule has 0 aliphatic heterocycles. The molecule has 0 unspecified atom stereocenters. The van der Waals surface area contributed by atoms with E-state index in [1.165, 1.54) is 11.8 Å². The molecule has 0 radical (unpaired) electrons. The number of methoxy groups -OCH3 is 1. The van der Waals surface area contributed by atoms with E-state index in [2.05, 4.69) is 21.0 Å². The first kappa shape index (κ1) is 15.1. The number of ether oxygens (including phenoxy) is 1. The molecule has 4 nitrogen and oxygen atoms in total. The fourth-order valence-electron chi connectivity index (χ4n) is 1.78. The zero-order valence-electron chi connectivity index (χ0n) is 11.5. The molecule has 0 atom stereocenters. The third kappa shape index (κ3) is 3.07. The zero-order chi connectivity index (χ0) is 14.7. The second-order valence-electron chi connectivity index (χ2n) is 4.13. The summed E-state index contributed by atoms with van der Waals surface area (Å²) in [5.74, 6) is 0.775. The van der Waals surface area contributed by atoms with Crippen LogP contribution in [0, 0.1) is 6.92 Å². The lowest BCUT2D eigenvalue weighted by atomic mass is 10.3. The lowest BCUT2D eigenvalue weighted by Crippen LogP contribution is -2.07. The average molecular weight is 355 g/mol. The lowest BCUT2D eigenvalue weighted by Gasteiger charge is -2.05. The molecular formula is C14H15BrN2O2S. The van der Waals surface area contributed by atoms with Crippen molar-refractivity contribution >= 4 is 32.8 Å². The van der Waals surface area contributed by atoms with E-state index in [0.29, 0.717) is 12.2 Å². The van der Waals surface area contributed by atoms with E-state index in [1.54, 1.807) is 11.8 Å². The van der Waals surface area contributed by atoms with Crippen molar-refractivity contribution in [3.63, 3.8) is 0 Å². The molecule has 6 heteroatoms. The van der Waals surface area contributed by atoms with Gasteiger partial charge in [0.25, 0.3) is 0 Å². The van der Waals surface area contributed by atoms with Crippen molar-refractivity contribution in [1.82, 2.24) is 9.78 Å². The van der Waals surface area contributed by atoms with Crippen LogP contribution in [0.4, 0.5) is 0 Å². The maximum Gasteiger partial charge on any atom is 0.243 e. The van der Waals surface area contributed by atoms with Crippen LogP contribution in [-0.4, -0.2) is 22.0 Å². The van der Waals surface area contributed by atoms with Gasteiger partial charge in [-0.15, -0.1) is 0 Å². The molecule has 2 rings (SSSR count). The number of hydrogen-bond acceptors (Lipinski definition) is 4. The highest BCUT2D eigenvalue weighted by Crippen LogP contribution is 2.29. The largest absolute Gasteiger partial charge is 0.497 e. The highest BCUT2D eigenvalue weighted by atomic mass is 79.9. The smallest absolute Gasteiger partial charge is 0.243 e. The molecule has 2 aromatic rings. The maximum absolute atomic E-state index is 12.4. The quantitative estimate of drug-likeness (QED) is 0.780. The lowest BCUT2D eigenvalue weighted by molar-refractivity contribution is 0.107. The average Bonchev–Trinajstić information content (AvgIpc) is 2.75. The van der Waals surface area contributed by atoms with Gasteiger partial charge in [-0.05, 0) is 65.8 Å². The van der Waals surface area contributed by atoms with Gasteiger partial charge in [-0.1, -0.05) is 0 Å². The van der Waals surface area contributed by atoms with E-state index in [1.807, 2.05) is 38.1 Å². The molecule has 0 aliphatic rings. The third-order valence-corrected chi connectivity index (χ3v) is 4.65. The molecule has 1 aromatic heterocycles. The SMILES string of the molecule is CCn1nc(C)c(Br)c1C(=O)Sc1ccc(OC)cc1. The predicted molar refractivity (Wildman–Crippen MR) is 83.5 cm³/mol. The predicted octanol–water partition coefficient (Wildman–Crippen LogP) is 3.92. The fourth-order valence-corrected chi connectivity index (χ4v) is 3.17. The number of benzene rings is 1. The van der Waals surface area contributed by atoms with Crippen molar-refractivity contribution in [1.29, 1.82) is 0 Å². The highest BCUT2D eigenvalue weighted by molar-refractivity contribution is 9.10. The molecule has 20 heavy (non-hydrogen) atoms. The molecule has 1 heterocycles. The van der Waals surface area contributed by atoms with Crippen LogP contribution >= 0.6 is 27.7 Å².